The third-order valence-corrected chi connectivity index (χ3v) is 7.87. The van der Waals surface area contributed by atoms with Crippen molar-refractivity contribution < 1.29 is 9.90 Å². The van der Waals surface area contributed by atoms with E-state index in [1.165, 1.54) is 40.0 Å². The van der Waals surface area contributed by atoms with Crippen LogP contribution in [0.1, 0.15) is 54.0 Å². The predicted octanol–water partition coefficient (Wildman–Crippen LogP) is 3.61. The Hall–Kier alpha value is -1.61. The summed E-state index contributed by atoms with van der Waals surface area (Å²) in [6.07, 6.45) is 8.31. The number of aryl methyl sites for hydroxylation is 1. The van der Waals surface area contributed by atoms with E-state index >= 15 is 0 Å². The van der Waals surface area contributed by atoms with Gasteiger partial charge in [0.1, 0.15) is 14.8 Å². The Labute approximate surface area is 165 Å². The zero-order chi connectivity index (χ0) is 19.2. The lowest BCUT2D eigenvalue weighted by atomic mass is 9.98. The number of urea groups is 1. The fourth-order valence-electron chi connectivity index (χ4n) is 3.93. The van der Waals surface area contributed by atoms with Gasteiger partial charge in [0.2, 0.25) is 0 Å². The molecule has 0 saturated carbocycles. The van der Waals surface area contributed by atoms with Gasteiger partial charge < -0.3 is 10.4 Å². The Morgan fingerprint density at radius 2 is 1.96 bits per heavy atom. The first-order valence-corrected chi connectivity index (χ1v) is 11.3. The first-order chi connectivity index (χ1) is 12.8. The highest BCUT2D eigenvalue weighted by molar-refractivity contribution is 7.87. The average Bonchev–Trinajstić information content (AvgIpc) is 3.32. The molecule has 27 heavy (non-hydrogen) atoms. The molecule has 1 aromatic carbocycles. The van der Waals surface area contributed by atoms with Crippen LogP contribution in [-0.2, 0) is 42.2 Å². The van der Waals surface area contributed by atoms with Crippen LogP contribution in [0.4, 0.5) is 10.5 Å². The second-order valence-corrected chi connectivity index (χ2v) is 10.1. The Morgan fingerprint density at radius 1 is 1.26 bits per heavy atom. The highest BCUT2D eigenvalue weighted by Gasteiger charge is 2.25. The van der Waals surface area contributed by atoms with E-state index in [0.717, 1.165) is 37.8 Å². The van der Waals surface area contributed by atoms with Gasteiger partial charge in [0.15, 0.2) is 0 Å². The Morgan fingerprint density at radius 3 is 2.70 bits per heavy atom. The highest BCUT2D eigenvalue weighted by atomic mass is 32.2. The summed E-state index contributed by atoms with van der Waals surface area (Å²) in [4.78, 5) is 16.7. The Kier molecular flexibility index (Phi) is 4.92. The number of carbonyl (C=O) groups is 1. The van der Waals surface area contributed by atoms with Crippen LogP contribution >= 0.6 is 11.3 Å². The minimum Gasteiger partial charge on any atom is -0.383 e. The maximum absolute atomic E-state index is 12.5. The monoisotopic (exact) mass is 404 g/mol. The molecule has 0 radical (unpaired) electrons. The number of thiazole rings is 1. The fourth-order valence-corrected chi connectivity index (χ4v) is 5.75. The lowest BCUT2D eigenvalue weighted by Crippen LogP contribution is -2.14. The molecule has 0 fully saturated rings. The molecular formula is C19H24N4O2S2. The van der Waals surface area contributed by atoms with Gasteiger partial charge in [0.05, 0.1) is 6.20 Å². The van der Waals surface area contributed by atoms with Gasteiger partial charge in [0.25, 0.3) is 0 Å². The molecule has 0 saturated heterocycles. The standard InChI is InChI=1S/C19H24N4O2S2/c1-19(2,25)17-21-10-16(26-17)27(20)23-18(24)22-15-9-11-5-3-6-12(11)13-7-4-8-14(13)15/h9-10,25H,3-8H2,1-2H3,(H3,20,22,23,24). The molecular weight excluding hydrogens is 380 g/mol. The quantitative estimate of drug-likeness (QED) is 0.727. The summed E-state index contributed by atoms with van der Waals surface area (Å²) in [5, 5.41) is 19.7. The number of rotatable bonds is 3. The first kappa shape index (κ1) is 18.7. The summed E-state index contributed by atoms with van der Waals surface area (Å²) in [6.45, 7) is 3.34. The van der Waals surface area contributed by atoms with Crippen LogP contribution in [0.25, 0.3) is 0 Å². The number of hydrogen-bond donors (Lipinski definition) is 3. The van der Waals surface area contributed by atoms with E-state index in [0.29, 0.717) is 9.22 Å². The molecule has 8 heteroatoms. The molecule has 1 atom stereocenters. The number of benzene rings is 1. The first-order valence-electron chi connectivity index (χ1n) is 9.19. The van der Waals surface area contributed by atoms with Crippen molar-refractivity contribution in [2.75, 3.05) is 5.32 Å². The van der Waals surface area contributed by atoms with Crippen molar-refractivity contribution in [3.8, 4) is 0 Å². The molecule has 4 N–H and O–H groups in total. The second kappa shape index (κ2) is 7.09. The number of carbonyl (C=O) groups excluding carboxylic acids is 1. The number of hydrogen-bond acceptors (Lipinski definition) is 4. The van der Waals surface area contributed by atoms with Gasteiger partial charge in [0, 0.05) is 16.6 Å². The topological polar surface area (TPSA) is 101 Å². The largest absolute Gasteiger partial charge is 0.383 e. The van der Waals surface area contributed by atoms with Gasteiger partial charge in [-0.3, -0.25) is 5.14 Å². The van der Waals surface area contributed by atoms with Crippen LogP contribution in [-0.4, -0.2) is 16.1 Å². The maximum Gasteiger partial charge on any atom is 0.352 e. The summed E-state index contributed by atoms with van der Waals surface area (Å²) >= 11 is 1.29. The number of aromatic nitrogens is 1. The van der Waals surface area contributed by atoms with Gasteiger partial charge in [-0.05, 0) is 80.7 Å². The third-order valence-electron chi connectivity index (χ3n) is 5.12. The smallest absolute Gasteiger partial charge is 0.352 e. The zero-order valence-corrected chi connectivity index (χ0v) is 17.2. The van der Waals surface area contributed by atoms with Crippen molar-refractivity contribution in [3.63, 3.8) is 0 Å². The number of aliphatic hydroxyl groups is 1. The molecule has 0 bridgehead atoms. The van der Waals surface area contributed by atoms with Crippen molar-refractivity contribution >= 4 is 33.9 Å². The lowest BCUT2D eigenvalue weighted by Gasteiger charge is -2.14. The molecule has 144 valence electrons. The fraction of sp³-hybridized carbons (Fsp3) is 0.474. The predicted molar refractivity (Wildman–Crippen MR) is 109 cm³/mol. The number of nitrogens with two attached hydrogens (primary N) is 1. The van der Waals surface area contributed by atoms with E-state index < -0.39 is 22.5 Å². The average molecular weight is 405 g/mol. The molecule has 4 rings (SSSR count). The van der Waals surface area contributed by atoms with E-state index in [1.54, 1.807) is 20.0 Å². The van der Waals surface area contributed by atoms with Crippen LogP contribution in [0.15, 0.2) is 20.8 Å². The van der Waals surface area contributed by atoms with E-state index in [2.05, 4.69) is 20.7 Å². The second-order valence-electron chi connectivity index (χ2n) is 7.61. The molecule has 2 amide bonds. The minimum atomic E-state index is -1.09. The molecule has 0 spiro atoms. The summed E-state index contributed by atoms with van der Waals surface area (Å²) in [6, 6.07) is 1.71. The summed E-state index contributed by atoms with van der Waals surface area (Å²) in [5.74, 6) is 0. The van der Waals surface area contributed by atoms with E-state index in [4.69, 9.17) is 5.14 Å². The number of nitrogens with one attached hydrogen (secondary N) is 1. The molecule has 2 aromatic rings. The van der Waals surface area contributed by atoms with Crippen LogP contribution in [0.3, 0.4) is 0 Å². The molecule has 2 aliphatic rings. The van der Waals surface area contributed by atoms with Gasteiger partial charge in [-0.2, -0.15) is 4.36 Å². The van der Waals surface area contributed by atoms with Gasteiger partial charge in [-0.1, -0.05) is 0 Å². The van der Waals surface area contributed by atoms with Crippen molar-refractivity contribution in [2.45, 2.75) is 62.2 Å². The van der Waals surface area contributed by atoms with E-state index in [9.17, 15) is 9.90 Å². The normalized spacial score (nSPS) is 17.0. The van der Waals surface area contributed by atoms with Gasteiger partial charge in [-0.15, -0.1) is 11.3 Å². The van der Waals surface area contributed by atoms with Crippen LogP contribution < -0.4 is 10.5 Å². The number of nitrogens with zero attached hydrogens (tertiary/aromatic N) is 2. The number of amides is 2. The molecule has 1 aromatic heterocycles. The SMILES string of the molecule is CC(C)(O)c1ncc(/S(N)=N\C(=O)Nc2cc3c(c4c2CCC4)CCC3)s1. The molecule has 1 heterocycles. The molecule has 6 nitrogen and oxygen atoms in total. The maximum atomic E-state index is 12.5. The van der Waals surface area contributed by atoms with Crippen LogP contribution in [0.5, 0.6) is 0 Å². The molecule has 1 unspecified atom stereocenters. The van der Waals surface area contributed by atoms with Crippen LogP contribution in [0, 0.1) is 0 Å². The van der Waals surface area contributed by atoms with Gasteiger partial charge in [-0.25, -0.2) is 9.78 Å². The van der Waals surface area contributed by atoms with Crippen molar-refractivity contribution in [1.29, 1.82) is 0 Å². The summed E-state index contributed by atoms with van der Waals surface area (Å²) in [7, 11) is -1.09. The van der Waals surface area contributed by atoms with E-state index in [1.807, 2.05) is 0 Å². The van der Waals surface area contributed by atoms with E-state index in [-0.39, 0.29) is 0 Å². The van der Waals surface area contributed by atoms with Crippen molar-refractivity contribution in [3.05, 3.63) is 39.5 Å². The van der Waals surface area contributed by atoms with Crippen molar-refractivity contribution in [2.24, 2.45) is 9.50 Å². The Bertz CT molecular complexity index is 944. The van der Waals surface area contributed by atoms with Crippen molar-refractivity contribution in [1.82, 2.24) is 4.98 Å². The number of anilines is 1. The molecule has 2 aliphatic carbocycles. The van der Waals surface area contributed by atoms with Crippen LogP contribution in [0.2, 0.25) is 0 Å². The number of fused-ring (bicyclic) bond motifs is 3. The Balaban J connectivity index is 1.56. The zero-order valence-electron chi connectivity index (χ0n) is 15.5. The molecule has 0 aliphatic heterocycles. The van der Waals surface area contributed by atoms with Gasteiger partial charge >= 0.3 is 6.03 Å². The lowest BCUT2D eigenvalue weighted by molar-refractivity contribution is 0.0783. The third kappa shape index (κ3) is 3.71. The minimum absolute atomic E-state index is 0.425. The summed E-state index contributed by atoms with van der Waals surface area (Å²) < 4.78 is 4.78. The highest BCUT2D eigenvalue weighted by Crippen LogP contribution is 2.38. The summed E-state index contributed by atoms with van der Waals surface area (Å²) in [5.41, 5.74) is 5.48.